The maximum absolute atomic E-state index is 13.4. The van der Waals surface area contributed by atoms with Gasteiger partial charge in [0, 0.05) is 44.9 Å². The summed E-state index contributed by atoms with van der Waals surface area (Å²) in [5, 5.41) is 7.97. The number of methoxy groups -OCH3 is 3. The SMILES string of the molecule is C.COC[C@H](Nc1c(-c2nc3cc(OC)c(OC)cc3[nH]2)c(=O)[nH]c2cn(C)nc12)c1ncccn1. The summed E-state index contributed by atoms with van der Waals surface area (Å²) in [4.78, 5) is 32.9. The largest absolute Gasteiger partial charge is 0.493 e. The number of aromatic amines is 2. The van der Waals surface area contributed by atoms with Gasteiger partial charge in [-0.2, -0.15) is 5.10 Å². The topological polar surface area (TPSA) is 145 Å². The lowest BCUT2D eigenvalue weighted by molar-refractivity contribution is 0.184. The molecule has 1 aromatic carbocycles. The van der Waals surface area contributed by atoms with E-state index < -0.39 is 6.04 Å². The monoisotopic (exact) mass is 492 g/mol. The predicted molar refractivity (Wildman–Crippen MR) is 137 cm³/mol. The van der Waals surface area contributed by atoms with Crippen molar-refractivity contribution in [1.29, 1.82) is 0 Å². The zero-order valence-corrected chi connectivity index (χ0v) is 19.6. The summed E-state index contributed by atoms with van der Waals surface area (Å²) in [6.45, 7) is 0.263. The number of aromatic nitrogens is 7. The van der Waals surface area contributed by atoms with Crippen LogP contribution in [0.15, 0.2) is 41.6 Å². The molecule has 0 aliphatic carbocycles. The Morgan fingerprint density at radius 1 is 1.06 bits per heavy atom. The van der Waals surface area contributed by atoms with Gasteiger partial charge in [0.2, 0.25) is 0 Å². The molecule has 0 unspecified atom stereocenters. The molecule has 12 nitrogen and oxygen atoms in total. The summed E-state index contributed by atoms with van der Waals surface area (Å²) in [5.41, 5.74) is 2.88. The van der Waals surface area contributed by atoms with Gasteiger partial charge in [0.1, 0.15) is 22.9 Å². The van der Waals surface area contributed by atoms with Crippen LogP contribution in [0.25, 0.3) is 33.5 Å². The number of imidazole rings is 1. The number of aryl methyl sites for hydroxylation is 1. The molecule has 0 amide bonds. The summed E-state index contributed by atoms with van der Waals surface area (Å²) in [5.74, 6) is 1.95. The molecule has 5 rings (SSSR count). The van der Waals surface area contributed by atoms with E-state index in [2.05, 4.69) is 35.3 Å². The van der Waals surface area contributed by atoms with E-state index in [1.807, 2.05) is 0 Å². The second-order valence-electron chi connectivity index (χ2n) is 7.84. The zero-order chi connectivity index (χ0) is 24.5. The van der Waals surface area contributed by atoms with Gasteiger partial charge in [-0.15, -0.1) is 0 Å². The van der Waals surface area contributed by atoms with Gasteiger partial charge >= 0.3 is 0 Å². The summed E-state index contributed by atoms with van der Waals surface area (Å²) in [7, 11) is 6.49. The minimum atomic E-state index is -0.448. The number of benzene rings is 1. The highest BCUT2D eigenvalue weighted by molar-refractivity contribution is 5.96. The maximum atomic E-state index is 13.4. The molecule has 3 N–H and O–H groups in total. The first-order valence-corrected chi connectivity index (χ1v) is 10.8. The molecule has 0 bridgehead atoms. The second kappa shape index (κ2) is 10.0. The molecule has 0 radical (unpaired) electrons. The number of nitrogens with zero attached hydrogens (tertiary/aromatic N) is 5. The fourth-order valence-corrected chi connectivity index (χ4v) is 4.02. The van der Waals surface area contributed by atoms with Crippen LogP contribution in [0.5, 0.6) is 11.5 Å². The van der Waals surface area contributed by atoms with E-state index in [-0.39, 0.29) is 19.6 Å². The molecule has 0 spiro atoms. The highest BCUT2D eigenvalue weighted by Gasteiger charge is 2.24. The summed E-state index contributed by atoms with van der Waals surface area (Å²) in [6, 6.07) is 4.81. The van der Waals surface area contributed by atoms with E-state index in [9.17, 15) is 4.79 Å². The van der Waals surface area contributed by atoms with Crippen molar-refractivity contribution in [2.75, 3.05) is 33.3 Å². The number of nitrogens with one attached hydrogen (secondary N) is 3. The number of rotatable bonds is 8. The van der Waals surface area contributed by atoms with Crippen molar-refractivity contribution in [3.05, 3.63) is 53.0 Å². The van der Waals surface area contributed by atoms with Gasteiger partial charge in [0.15, 0.2) is 17.3 Å². The smallest absolute Gasteiger partial charge is 0.261 e. The molecule has 0 saturated carbocycles. The Kier molecular flexibility index (Phi) is 6.88. The van der Waals surface area contributed by atoms with Crippen molar-refractivity contribution in [2.24, 2.45) is 7.05 Å². The first kappa shape index (κ1) is 24.7. The Morgan fingerprint density at radius 2 is 1.78 bits per heavy atom. The maximum Gasteiger partial charge on any atom is 0.261 e. The van der Waals surface area contributed by atoms with Crippen LogP contribution in [0, 0.1) is 0 Å². The first-order valence-electron chi connectivity index (χ1n) is 10.8. The lowest BCUT2D eigenvalue weighted by Crippen LogP contribution is -2.22. The van der Waals surface area contributed by atoms with Crippen LogP contribution in [0.2, 0.25) is 0 Å². The average Bonchev–Trinajstić information content (AvgIpc) is 3.44. The predicted octanol–water partition coefficient (Wildman–Crippen LogP) is 3.05. The normalized spacial score (nSPS) is 11.9. The number of hydrogen-bond donors (Lipinski definition) is 3. The number of ether oxygens (including phenoxy) is 3. The van der Waals surface area contributed by atoms with Crippen molar-refractivity contribution in [2.45, 2.75) is 13.5 Å². The molecular formula is C24H28N8O4. The summed E-state index contributed by atoms with van der Waals surface area (Å²) in [6.07, 6.45) is 5.05. The number of hydrogen-bond acceptors (Lipinski definition) is 9. The third kappa shape index (κ3) is 4.33. The Morgan fingerprint density at radius 3 is 2.47 bits per heavy atom. The quantitative estimate of drug-likeness (QED) is 0.297. The van der Waals surface area contributed by atoms with Crippen LogP contribution in [0.3, 0.4) is 0 Å². The number of pyridine rings is 1. The van der Waals surface area contributed by atoms with E-state index in [1.165, 1.54) is 0 Å². The Bertz CT molecular complexity index is 1520. The molecule has 36 heavy (non-hydrogen) atoms. The van der Waals surface area contributed by atoms with Gasteiger partial charge in [0.25, 0.3) is 5.56 Å². The molecule has 0 saturated heterocycles. The van der Waals surface area contributed by atoms with Gasteiger partial charge in [-0.1, -0.05) is 7.43 Å². The lowest BCUT2D eigenvalue weighted by atomic mass is 10.1. The molecule has 12 heteroatoms. The average molecular weight is 493 g/mol. The Hall–Kier alpha value is -4.45. The lowest BCUT2D eigenvalue weighted by Gasteiger charge is -2.19. The molecule has 188 valence electrons. The minimum Gasteiger partial charge on any atom is -0.493 e. The van der Waals surface area contributed by atoms with Crippen molar-refractivity contribution >= 4 is 27.8 Å². The van der Waals surface area contributed by atoms with Crippen LogP contribution in [0.1, 0.15) is 19.3 Å². The van der Waals surface area contributed by atoms with Crippen LogP contribution < -0.4 is 20.3 Å². The van der Waals surface area contributed by atoms with E-state index in [4.69, 9.17) is 14.2 Å². The van der Waals surface area contributed by atoms with Gasteiger partial charge in [-0.05, 0) is 6.07 Å². The van der Waals surface area contributed by atoms with E-state index in [0.29, 0.717) is 56.5 Å². The molecule has 0 aliphatic rings. The van der Waals surface area contributed by atoms with E-state index in [0.717, 1.165) is 0 Å². The van der Waals surface area contributed by atoms with E-state index in [1.54, 1.807) is 69.8 Å². The number of H-pyrrole nitrogens is 2. The van der Waals surface area contributed by atoms with Crippen LogP contribution in [-0.2, 0) is 11.8 Å². The fraction of sp³-hybridized carbons (Fsp3) is 0.292. The van der Waals surface area contributed by atoms with Crippen molar-refractivity contribution < 1.29 is 14.2 Å². The van der Waals surface area contributed by atoms with Crippen molar-refractivity contribution in [1.82, 2.24) is 34.7 Å². The second-order valence-corrected chi connectivity index (χ2v) is 7.84. The van der Waals surface area contributed by atoms with Crippen LogP contribution >= 0.6 is 0 Å². The van der Waals surface area contributed by atoms with Crippen LogP contribution in [0.4, 0.5) is 5.69 Å². The fourth-order valence-electron chi connectivity index (χ4n) is 4.02. The Balaban J connectivity index is 0.00000304. The van der Waals surface area contributed by atoms with Crippen LogP contribution in [-0.4, -0.2) is 62.6 Å². The minimum absolute atomic E-state index is 0. The molecular weight excluding hydrogens is 464 g/mol. The zero-order valence-electron chi connectivity index (χ0n) is 19.6. The molecule has 4 aromatic heterocycles. The van der Waals surface area contributed by atoms with Gasteiger partial charge < -0.3 is 29.5 Å². The highest BCUT2D eigenvalue weighted by atomic mass is 16.5. The number of anilines is 1. The number of fused-ring (bicyclic) bond motifs is 2. The molecule has 4 heterocycles. The summed E-state index contributed by atoms with van der Waals surface area (Å²) >= 11 is 0. The van der Waals surface area contributed by atoms with Gasteiger partial charge in [0.05, 0.1) is 43.1 Å². The van der Waals surface area contributed by atoms with Crippen molar-refractivity contribution in [3.63, 3.8) is 0 Å². The standard InChI is InChI=1S/C23H24N8O4.CH4/c1-31-10-14-19(30-31)20(26-15(11-33-2)21-24-6-5-7-25-21)18(23(32)29-14)22-27-12-8-16(34-3)17(35-4)9-13(12)28-22;/h5-10,15,26H,11H2,1-4H3,(H,27,28)(H,29,32);1H4/t15-;/m0./s1. The third-order valence-electron chi connectivity index (χ3n) is 5.56. The third-order valence-corrected chi connectivity index (χ3v) is 5.56. The molecule has 0 aliphatic heterocycles. The Labute approximate surface area is 206 Å². The van der Waals surface area contributed by atoms with Crippen molar-refractivity contribution in [3.8, 4) is 22.9 Å². The highest BCUT2D eigenvalue weighted by Crippen LogP contribution is 2.35. The first-order chi connectivity index (χ1) is 17.0. The van der Waals surface area contributed by atoms with E-state index >= 15 is 0 Å². The summed E-state index contributed by atoms with van der Waals surface area (Å²) < 4.78 is 17.8. The molecule has 5 aromatic rings. The molecule has 1 atom stereocenters. The van der Waals surface area contributed by atoms with Gasteiger partial charge in [-0.25, -0.2) is 15.0 Å². The molecule has 0 fully saturated rings. The van der Waals surface area contributed by atoms with Gasteiger partial charge in [-0.3, -0.25) is 9.48 Å².